The Morgan fingerprint density at radius 2 is 2.47 bits per heavy atom. The van der Waals surface area contributed by atoms with E-state index in [4.69, 9.17) is 4.74 Å². The second-order valence-electron chi connectivity index (χ2n) is 3.79. The van der Waals surface area contributed by atoms with Crippen LogP contribution in [-0.2, 0) is 4.74 Å². The van der Waals surface area contributed by atoms with Crippen LogP contribution >= 0.6 is 0 Å². The van der Waals surface area contributed by atoms with Crippen molar-refractivity contribution >= 4 is 6.09 Å². The summed E-state index contributed by atoms with van der Waals surface area (Å²) in [5.74, 6) is 0. The van der Waals surface area contributed by atoms with E-state index in [0.29, 0.717) is 12.6 Å². The minimum atomic E-state index is -0.182. The topological polar surface area (TPSA) is 41.6 Å². The van der Waals surface area contributed by atoms with Crippen molar-refractivity contribution in [2.24, 2.45) is 0 Å². The maximum absolute atomic E-state index is 11.4. The van der Waals surface area contributed by atoms with Crippen LogP contribution in [0.1, 0.15) is 26.2 Å². The standard InChI is InChI=1S/C11H21N2O2/c1-3-5-7-12-10-6-8-13(9-10)11(14)15-4-2/h10,12H,1,3-9H2,2H3/q-1. The smallest absolute Gasteiger partial charge is 0.409 e. The van der Waals surface area contributed by atoms with Crippen molar-refractivity contribution in [2.75, 3.05) is 26.2 Å². The summed E-state index contributed by atoms with van der Waals surface area (Å²) in [5, 5.41) is 3.42. The fourth-order valence-electron chi connectivity index (χ4n) is 1.74. The average molecular weight is 213 g/mol. The highest BCUT2D eigenvalue weighted by Crippen LogP contribution is 2.10. The first-order chi connectivity index (χ1) is 7.27. The van der Waals surface area contributed by atoms with E-state index < -0.39 is 0 Å². The molecule has 1 heterocycles. The quantitative estimate of drug-likeness (QED) is 0.555. The van der Waals surface area contributed by atoms with E-state index in [1.54, 1.807) is 4.90 Å². The summed E-state index contributed by atoms with van der Waals surface area (Å²) in [6.45, 7) is 8.65. The summed E-state index contributed by atoms with van der Waals surface area (Å²) < 4.78 is 4.95. The molecule has 1 amide bonds. The summed E-state index contributed by atoms with van der Waals surface area (Å²) in [4.78, 5) is 13.2. The molecule has 15 heavy (non-hydrogen) atoms. The summed E-state index contributed by atoms with van der Waals surface area (Å²) in [5.41, 5.74) is 0. The van der Waals surface area contributed by atoms with E-state index in [1.807, 2.05) is 6.92 Å². The van der Waals surface area contributed by atoms with Crippen molar-refractivity contribution in [3.8, 4) is 0 Å². The first-order valence-corrected chi connectivity index (χ1v) is 5.72. The maximum Gasteiger partial charge on any atom is 0.409 e. The van der Waals surface area contributed by atoms with Gasteiger partial charge in [-0.2, -0.15) is 6.42 Å². The first kappa shape index (κ1) is 12.3. The van der Waals surface area contributed by atoms with E-state index in [9.17, 15) is 4.79 Å². The predicted molar refractivity (Wildman–Crippen MR) is 59.6 cm³/mol. The van der Waals surface area contributed by atoms with Crippen LogP contribution in [0.15, 0.2) is 0 Å². The largest absolute Gasteiger partial charge is 0.450 e. The Morgan fingerprint density at radius 1 is 1.67 bits per heavy atom. The van der Waals surface area contributed by atoms with Crippen molar-refractivity contribution in [1.29, 1.82) is 0 Å². The van der Waals surface area contributed by atoms with E-state index >= 15 is 0 Å². The molecule has 0 spiro atoms. The SMILES string of the molecule is [CH2-]CCCNC1CCN(C(=O)OCC)C1. The highest BCUT2D eigenvalue weighted by atomic mass is 16.6. The molecule has 0 radical (unpaired) electrons. The molecule has 1 saturated heterocycles. The molecule has 1 aliphatic rings. The van der Waals surface area contributed by atoms with Crippen LogP contribution in [0.2, 0.25) is 0 Å². The zero-order chi connectivity index (χ0) is 11.1. The number of nitrogens with one attached hydrogen (secondary N) is 1. The number of carbonyl (C=O) groups excluding carboxylic acids is 1. The molecule has 1 atom stereocenters. The molecule has 0 aliphatic carbocycles. The summed E-state index contributed by atoms with van der Waals surface area (Å²) in [6.07, 6.45) is 2.90. The first-order valence-electron chi connectivity index (χ1n) is 5.72. The number of hydrogen-bond donors (Lipinski definition) is 1. The fourth-order valence-corrected chi connectivity index (χ4v) is 1.74. The van der Waals surface area contributed by atoms with Gasteiger partial charge in [-0.25, -0.2) is 4.79 Å². The molecule has 0 saturated carbocycles. The highest BCUT2D eigenvalue weighted by molar-refractivity contribution is 5.68. The van der Waals surface area contributed by atoms with E-state index in [0.717, 1.165) is 38.9 Å². The number of hydrogen-bond acceptors (Lipinski definition) is 3. The monoisotopic (exact) mass is 213 g/mol. The van der Waals surface area contributed by atoms with Crippen molar-refractivity contribution < 1.29 is 9.53 Å². The Morgan fingerprint density at radius 3 is 3.13 bits per heavy atom. The maximum atomic E-state index is 11.4. The summed E-state index contributed by atoms with van der Waals surface area (Å²) in [6, 6.07) is 0.431. The molecule has 0 aromatic heterocycles. The normalized spacial score (nSPS) is 20.7. The van der Waals surface area contributed by atoms with Crippen LogP contribution < -0.4 is 5.32 Å². The third-order valence-corrected chi connectivity index (χ3v) is 2.57. The number of likely N-dealkylation sites (tertiary alicyclic amines) is 1. The summed E-state index contributed by atoms with van der Waals surface area (Å²) in [7, 11) is 0. The van der Waals surface area contributed by atoms with Gasteiger partial charge in [0.05, 0.1) is 6.61 Å². The molecule has 1 aliphatic heterocycles. The van der Waals surface area contributed by atoms with E-state index in [-0.39, 0.29) is 6.09 Å². The Labute approximate surface area is 92.0 Å². The Hall–Kier alpha value is -0.770. The van der Waals surface area contributed by atoms with Crippen LogP contribution in [-0.4, -0.2) is 43.3 Å². The highest BCUT2D eigenvalue weighted by Gasteiger charge is 2.26. The molecule has 0 aromatic carbocycles. The molecule has 0 aromatic rings. The molecular formula is C11H21N2O2-. The lowest BCUT2D eigenvalue weighted by Crippen LogP contribution is -2.35. The van der Waals surface area contributed by atoms with Crippen LogP contribution in [0.3, 0.4) is 0 Å². The van der Waals surface area contributed by atoms with Crippen LogP contribution in [0.5, 0.6) is 0 Å². The predicted octanol–water partition coefficient (Wildman–Crippen LogP) is 1.42. The third kappa shape index (κ3) is 4.08. The second-order valence-corrected chi connectivity index (χ2v) is 3.79. The second kappa shape index (κ2) is 6.67. The van der Waals surface area contributed by atoms with E-state index in [2.05, 4.69) is 12.2 Å². The fraction of sp³-hybridized carbons (Fsp3) is 0.818. The molecule has 1 N–H and O–H groups in total. The number of ether oxygens (including phenoxy) is 1. The number of amides is 1. The molecule has 4 heteroatoms. The number of carbonyl (C=O) groups is 1. The van der Waals surface area contributed by atoms with Gasteiger partial charge in [-0.05, 0) is 19.9 Å². The van der Waals surface area contributed by atoms with Gasteiger partial charge in [0.1, 0.15) is 0 Å². The van der Waals surface area contributed by atoms with Gasteiger partial charge in [0.2, 0.25) is 0 Å². The van der Waals surface area contributed by atoms with Crippen LogP contribution in [0.4, 0.5) is 4.79 Å². The van der Waals surface area contributed by atoms with Crippen LogP contribution in [0.25, 0.3) is 0 Å². The third-order valence-electron chi connectivity index (χ3n) is 2.57. The number of unbranched alkanes of at least 4 members (excludes halogenated alkanes) is 1. The zero-order valence-corrected chi connectivity index (χ0v) is 9.50. The van der Waals surface area contributed by atoms with Gasteiger partial charge in [-0.3, -0.25) is 0 Å². The molecule has 1 fully saturated rings. The van der Waals surface area contributed by atoms with Crippen molar-refractivity contribution in [1.82, 2.24) is 10.2 Å². The molecule has 1 rings (SSSR count). The zero-order valence-electron chi connectivity index (χ0n) is 9.50. The van der Waals surface area contributed by atoms with Gasteiger partial charge in [0.25, 0.3) is 0 Å². The molecular weight excluding hydrogens is 192 g/mol. The van der Waals surface area contributed by atoms with E-state index in [1.165, 1.54) is 0 Å². The molecule has 4 nitrogen and oxygen atoms in total. The average Bonchev–Trinajstić information content (AvgIpc) is 2.67. The molecule has 88 valence electrons. The van der Waals surface area contributed by atoms with Crippen molar-refractivity contribution in [2.45, 2.75) is 32.2 Å². The van der Waals surface area contributed by atoms with Gasteiger partial charge in [0.15, 0.2) is 0 Å². The van der Waals surface area contributed by atoms with Gasteiger partial charge in [-0.1, -0.05) is 6.42 Å². The molecule has 0 bridgehead atoms. The Bertz CT molecular complexity index is 197. The number of nitrogens with zero attached hydrogens (tertiary/aromatic N) is 1. The van der Waals surface area contributed by atoms with Crippen molar-refractivity contribution in [3.05, 3.63) is 6.92 Å². The lowest BCUT2D eigenvalue weighted by Gasteiger charge is -2.16. The van der Waals surface area contributed by atoms with Crippen molar-refractivity contribution in [3.63, 3.8) is 0 Å². The lowest BCUT2D eigenvalue weighted by atomic mass is 10.2. The lowest BCUT2D eigenvalue weighted by molar-refractivity contribution is 0.115. The molecule has 1 unspecified atom stereocenters. The van der Waals surface area contributed by atoms with Gasteiger partial charge in [0, 0.05) is 19.1 Å². The summed E-state index contributed by atoms with van der Waals surface area (Å²) >= 11 is 0. The van der Waals surface area contributed by atoms with Gasteiger partial charge < -0.3 is 21.9 Å². The number of rotatable bonds is 5. The minimum absolute atomic E-state index is 0.182. The Balaban J connectivity index is 2.17. The van der Waals surface area contributed by atoms with Gasteiger partial charge >= 0.3 is 6.09 Å². The van der Waals surface area contributed by atoms with Crippen LogP contribution in [0, 0.1) is 6.92 Å². The Kier molecular flexibility index (Phi) is 5.47. The minimum Gasteiger partial charge on any atom is -0.450 e. The van der Waals surface area contributed by atoms with Gasteiger partial charge in [-0.15, -0.1) is 0 Å².